The molecule has 2 aliphatic heterocycles. The lowest BCUT2D eigenvalue weighted by Gasteiger charge is -2.34. The lowest BCUT2D eigenvalue weighted by atomic mass is 9.83. The predicted octanol–water partition coefficient (Wildman–Crippen LogP) is 6.12. The molecule has 2 saturated heterocycles. The molecule has 2 aliphatic rings. The molecule has 1 unspecified atom stereocenters. The number of anilines is 1. The van der Waals surface area contributed by atoms with E-state index in [1.807, 2.05) is 39.8 Å². The van der Waals surface area contributed by atoms with E-state index in [9.17, 15) is 23.1 Å². The molecule has 0 bridgehead atoms. The van der Waals surface area contributed by atoms with Crippen molar-refractivity contribution in [1.82, 2.24) is 14.3 Å². The van der Waals surface area contributed by atoms with Crippen molar-refractivity contribution in [2.45, 2.75) is 62.8 Å². The maximum Gasteiger partial charge on any atom is 0.416 e. The average Bonchev–Trinajstić information content (AvgIpc) is 3.53. The number of imidazole rings is 1. The maximum absolute atomic E-state index is 13.4. The van der Waals surface area contributed by atoms with Gasteiger partial charge in [-0.25, -0.2) is 4.98 Å². The number of piperidine rings is 1. The smallest absolute Gasteiger partial charge is 0.397 e. The van der Waals surface area contributed by atoms with Crippen LogP contribution in [0.4, 0.5) is 18.9 Å². The van der Waals surface area contributed by atoms with Crippen LogP contribution in [-0.4, -0.2) is 37.9 Å². The molecule has 0 saturated carbocycles. The van der Waals surface area contributed by atoms with Gasteiger partial charge in [-0.1, -0.05) is 43.3 Å². The van der Waals surface area contributed by atoms with Crippen molar-refractivity contribution in [1.29, 1.82) is 0 Å². The first kappa shape index (κ1) is 26.4. The summed E-state index contributed by atoms with van der Waals surface area (Å²) < 4.78 is 42.1. The first-order chi connectivity index (χ1) is 19.1. The van der Waals surface area contributed by atoms with E-state index in [0.29, 0.717) is 36.0 Å². The normalized spacial score (nSPS) is 21.0. The van der Waals surface area contributed by atoms with Gasteiger partial charge < -0.3 is 20.1 Å². The zero-order valence-electron chi connectivity index (χ0n) is 22.2. The Hall–Kier alpha value is -3.85. The zero-order valence-corrected chi connectivity index (χ0v) is 22.2. The fourth-order valence-corrected chi connectivity index (χ4v) is 6.39. The van der Waals surface area contributed by atoms with Crippen molar-refractivity contribution < 1.29 is 23.1 Å². The molecule has 6 nitrogen and oxygen atoms in total. The van der Waals surface area contributed by atoms with E-state index < -0.39 is 17.3 Å². The van der Waals surface area contributed by atoms with E-state index in [-0.39, 0.29) is 23.8 Å². The third-order valence-corrected chi connectivity index (χ3v) is 8.62. The van der Waals surface area contributed by atoms with Gasteiger partial charge >= 0.3 is 6.18 Å². The average molecular weight is 549 g/mol. The predicted molar refractivity (Wildman–Crippen MR) is 146 cm³/mol. The van der Waals surface area contributed by atoms with Gasteiger partial charge in [0.1, 0.15) is 11.4 Å². The molecule has 40 heavy (non-hydrogen) atoms. The molecule has 0 aliphatic carbocycles. The highest BCUT2D eigenvalue weighted by molar-refractivity contribution is 5.87. The lowest BCUT2D eigenvalue weighted by molar-refractivity contribution is -0.137. The minimum atomic E-state index is -4.50. The second kappa shape index (κ2) is 9.66. The van der Waals surface area contributed by atoms with Crippen LogP contribution in [0.15, 0.2) is 66.9 Å². The third kappa shape index (κ3) is 4.33. The number of carbonyl (C=O) groups is 1. The van der Waals surface area contributed by atoms with Gasteiger partial charge in [-0.3, -0.25) is 4.79 Å². The number of nitrogens with two attached hydrogens (primary N) is 1. The van der Waals surface area contributed by atoms with Gasteiger partial charge in [-0.15, -0.1) is 0 Å². The number of nitrogen functional groups attached to an aromatic ring is 1. The zero-order chi connectivity index (χ0) is 28.2. The van der Waals surface area contributed by atoms with Gasteiger partial charge in [-0.2, -0.15) is 13.2 Å². The standard InChI is InChI=1S/C31H31F3N4O2/c1-2-30(40,22-5-3-6-23(17-22)31(32,33)34)21-11-8-19(9-12-21)27-28-25(35)7-4-16-37(28)29(36-27)20-10-13-24-14-15-26(39)38(24)18-20/h3-9,11-12,16-17,20,24,40H,2,10,13-15,18,35H2,1H3/t20-,24+,30?/m1/s1. The van der Waals surface area contributed by atoms with Crippen LogP contribution in [0.1, 0.15) is 67.5 Å². The molecular weight excluding hydrogens is 517 g/mol. The number of alkyl halides is 3. The summed E-state index contributed by atoms with van der Waals surface area (Å²) in [6.07, 6.45) is 1.03. The van der Waals surface area contributed by atoms with Crippen molar-refractivity contribution >= 4 is 17.1 Å². The number of benzene rings is 2. The van der Waals surface area contributed by atoms with Crippen LogP contribution >= 0.6 is 0 Å². The molecule has 2 aromatic carbocycles. The quantitative estimate of drug-likeness (QED) is 0.315. The molecule has 0 radical (unpaired) electrons. The van der Waals surface area contributed by atoms with Gasteiger partial charge in [0, 0.05) is 36.7 Å². The number of carbonyl (C=O) groups excluding carboxylic acids is 1. The number of fused-ring (bicyclic) bond motifs is 2. The Morgan fingerprint density at radius 1 is 1.00 bits per heavy atom. The number of pyridine rings is 1. The van der Waals surface area contributed by atoms with Crippen LogP contribution in [0, 0.1) is 0 Å². The summed E-state index contributed by atoms with van der Waals surface area (Å²) >= 11 is 0. The van der Waals surface area contributed by atoms with Crippen LogP contribution < -0.4 is 5.73 Å². The van der Waals surface area contributed by atoms with Crippen LogP contribution in [0.25, 0.3) is 16.8 Å². The second-order valence-electron chi connectivity index (χ2n) is 10.9. The fourth-order valence-electron chi connectivity index (χ4n) is 6.39. The summed E-state index contributed by atoms with van der Waals surface area (Å²) in [5.74, 6) is 1.13. The Labute approximate surface area is 230 Å². The first-order valence-corrected chi connectivity index (χ1v) is 13.7. The summed E-state index contributed by atoms with van der Waals surface area (Å²) in [4.78, 5) is 19.5. The number of halogens is 3. The molecule has 2 aromatic heterocycles. The number of aromatic nitrogens is 2. The third-order valence-electron chi connectivity index (χ3n) is 8.62. The van der Waals surface area contributed by atoms with E-state index in [1.165, 1.54) is 12.1 Å². The van der Waals surface area contributed by atoms with Crippen LogP contribution in [-0.2, 0) is 16.6 Å². The van der Waals surface area contributed by atoms with E-state index in [1.54, 1.807) is 19.1 Å². The summed E-state index contributed by atoms with van der Waals surface area (Å²) in [5.41, 5.74) is 7.51. The van der Waals surface area contributed by atoms with Crippen molar-refractivity contribution in [3.05, 3.63) is 89.4 Å². The van der Waals surface area contributed by atoms with E-state index in [4.69, 9.17) is 10.7 Å². The molecule has 2 fully saturated rings. The summed E-state index contributed by atoms with van der Waals surface area (Å²) in [6.45, 7) is 2.38. The summed E-state index contributed by atoms with van der Waals surface area (Å²) in [7, 11) is 0. The molecule has 0 spiro atoms. The molecule has 3 N–H and O–H groups in total. The van der Waals surface area contributed by atoms with E-state index in [2.05, 4.69) is 0 Å². The number of hydrogen-bond donors (Lipinski definition) is 2. The molecule has 4 heterocycles. The number of amides is 1. The number of aliphatic hydroxyl groups is 1. The van der Waals surface area contributed by atoms with E-state index in [0.717, 1.165) is 48.3 Å². The molecular formula is C31H31F3N4O2. The van der Waals surface area contributed by atoms with E-state index >= 15 is 0 Å². The Kier molecular flexibility index (Phi) is 6.37. The first-order valence-electron chi connectivity index (χ1n) is 13.7. The van der Waals surface area contributed by atoms with Crippen LogP contribution in [0.5, 0.6) is 0 Å². The Bertz CT molecular complexity index is 1580. The summed E-state index contributed by atoms with van der Waals surface area (Å²) in [5, 5.41) is 11.6. The van der Waals surface area contributed by atoms with Crippen molar-refractivity contribution in [2.24, 2.45) is 0 Å². The minimum absolute atomic E-state index is 0.0757. The van der Waals surface area contributed by atoms with Crippen molar-refractivity contribution in [2.75, 3.05) is 12.3 Å². The highest BCUT2D eigenvalue weighted by atomic mass is 19.4. The second-order valence-corrected chi connectivity index (χ2v) is 10.9. The minimum Gasteiger partial charge on any atom is -0.397 e. The Balaban J connectivity index is 1.37. The van der Waals surface area contributed by atoms with Gasteiger partial charge in [0.2, 0.25) is 5.91 Å². The molecule has 1 amide bonds. The lowest BCUT2D eigenvalue weighted by Crippen LogP contribution is -2.41. The molecule has 208 valence electrons. The van der Waals surface area contributed by atoms with Gasteiger partial charge in [0.25, 0.3) is 0 Å². The SMILES string of the molecule is CCC(O)(c1ccc(-c2nc([C@@H]3CC[C@H]4CCC(=O)N4C3)n3cccc(N)c23)cc1)c1cccc(C(F)(F)F)c1. The Morgan fingerprint density at radius 3 is 2.48 bits per heavy atom. The van der Waals surface area contributed by atoms with Crippen molar-refractivity contribution in [3.63, 3.8) is 0 Å². The van der Waals surface area contributed by atoms with Gasteiger partial charge in [0.05, 0.1) is 22.5 Å². The van der Waals surface area contributed by atoms with Crippen molar-refractivity contribution in [3.8, 4) is 11.3 Å². The van der Waals surface area contributed by atoms with Crippen LogP contribution in [0.3, 0.4) is 0 Å². The highest BCUT2D eigenvalue weighted by Gasteiger charge is 2.39. The molecule has 9 heteroatoms. The van der Waals surface area contributed by atoms with Gasteiger partial charge in [-0.05, 0) is 61.1 Å². The molecule has 4 aromatic rings. The highest BCUT2D eigenvalue weighted by Crippen LogP contribution is 2.40. The summed E-state index contributed by atoms with van der Waals surface area (Å²) in [6, 6.07) is 16.0. The maximum atomic E-state index is 13.4. The number of rotatable bonds is 5. The molecule has 6 rings (SSSR count). The Morgan fingerprint density at radius 2 is 1.75 bits per heavy atom. The van der Waals surface area contributed by atoms with Gasteiger partial charge in [0.15, 0.2) is 0 Å². The number of nitrogens with zero attached hydrogens (tertiary/aromatic N) is 3. The topological polar surface area (TPSA) is 83.9 Å². The molecule has 3 atom stereocenters. The fraction of sp³-hybridized carbons (Fsp3) is 0.355. The largest absolute Gasteiger partial charge is 0.416 e. The number of hydrogen-bond acceptors (Lipinski definition) is 4. The monoisotopic (exact) mass is 548 g/mol. The van der Waals surface area contributed by atoms with Crippen LogP contribution in [0.2, 0.25) is 0 Å².